The van der Waals surface area contributed by atoms with E-state index in [9.17, 15) is 0 Å². The van der Waals surface area contributed by atoms with Gasteiger partial charge in [0.25, 0.3) is 0 Å². The number of rotatable bonds is 5. The standard InChI is InChI=1S/C18H18IN3O/c1-2-13-10-14(17-16(19)18(20)22-21-17)8-9-15(13)23-11-12-6-4-3-5-7-12/h3-10H,2,11H2,1H3,(H3,20,21,22). The monoisotopic (exact) mass is 419 g/mol. The van der Waals surface area contributed by atoms with Crippen molar-refractivity contribution in [3.8, 4) is 17.0 Å². The average Bonchev–Trinajstić information content (AvgIpc) is 2.93. The molecule has 1 aromatic heterocycles. The molecular weight excluding hydrogens is 401 g/mol. The second-order valence-corrected chi connectivity index (χ2v) is 6.33. The molecule has 0 fully saturated rings. The Morgan fingerprint density at radius 1 is 1.17 bits per heavy atom. The number of ether oxygens (including phenoxy) is 1. The van der Waals surface area contributed by atoms with E-state index in [1.807, 2.05) is 30.3 Å². The van der Waals surface area contributed by atoms with Crippen LogP contribution in [0.5, 0.6) is 5.75 Å². The van der Waals surface area contributed by atoms with Crippen LogP contribution >= 0.6 is 22.6 Å². The topological polar surface area (TPSA) is 63.9 Å². The lowest BCUT2D eigenvalue weighted by Gasteiger charge is -2.12. The summed E-state index contributed by atoms with van der Waals surface area (Å²) in [7, 11) is 0. The Hall–Kier alpha value is -2.02. The van der Waals surface area contributed by atoms with Crippen LogP contribution in [0.3, 0.4) is 0 Å². The van der Waals surface area contributed by atoms with E-state index >= 15 is 0 Å². The van der Waals surface area contributed by atoms with E-state index in [1.165, 1.54) is 5.56 Å². The molecule has 23 heavy (non-hydrogen) atoms. The summed E-state index contributed by atoms with van der Waals surface area (Å²) in [6, 6.07) is 16.4. The average molecular weight is 419 g/mol. The second kappa shape index (κ2) is 7.04. The minimum atomic E-state index is 0.531. The molecule has 0 saturated heterocycles. The molecule has 0 spiro atoms. The van der Waals surface area contributed by atoms with Gasteiger partial charge < -0.3 is 10.5 Å². The summed E-state index contributed by atoms with van der Waals surface area (Å²) >= 11 is 2.21. The molecule has 0 saturated carbocycles. The summed E-state index contributed by atoms with van der Waals surface area (Å²) in [5.74, 6) is 1.45. The van der Waals surface area contributed by atoms with Crippen molar-refractivity contribution in [3.63, 3.8) is 0 Å². The highest BCUT2D eigenvalue weighted by Gasteiger charge is 2.12. The number of aromatic nitrogens is 2. The van der Waals surface area contributed by atoms with Gasteiger partial charge in [-0.15, -0.1) is 0 Å². The predicted octanol–water partition coefficient (Wildman–Crippen LogP) is 4.40. The van der Waals surface area contributed by atoms with Gasteiger partial charge in [-0.1, -0.05) is 37.3 Å². The fourth-order valence-electron chi connectivity index (χ4n) is 2.42. The first-order valence-corrected chi connectivity index (χ1v) is 8.56. The molecule has 0 radical (unpaired) electrons. The van der Waals surface area contributed by atoms with Crippen LogP contribution in [0.4, 0.5) is 5.82 Å². The van der Waals surface area contributed by atoms with Crippen molar-refractivity contribution < 1.29 is 4.74 Å². The van der Waals surface area contributed by atoms with Gasteiger partial charge in [0.2, 0.25) is 0 Å². The second-order valence-electron chi connectivity index (χ2n) is 5.25. The van der Waals surface area contributed by atoms with Gasteiger partial charge in [-0.05, 0) is 58.3 Å². The maximum atomic E-state index is 5.99. The normalized spacial score (nSPS) is 10.7. The van der Waals surface area contributed by atoms with Gasteiger partial charge in [-0.2, -0.15) is 5.10 Å². The van der Waals surface area contributed by atoms with Crippen molar-refractivity contribution in [2.45, 2.75) is 20.0 Å². The lowest BCUT2D eigenvalue weighted by Crippen LogP contribution is -1.98. The number of aryl methyl sites for hydroxylation is 1. The molecule has 3 aromatic rings. The molecule has 0 aliphatic heterocycles. The summed E-state index contributed by atoms with van der Waals surface area (Å²) in [4.78, 5) is 0. The zero-order chi connectivity index (χ0) is 16.2. The molecule has 0 amide bonds. The van der Waals surface area contributed by atoms with Gasteiger partial charge >= 0.3 is 0 Å². The molecule has 0 bridgehead atoms. The first kappa shape index (κ1) is 15.9. The number of nitrogens with zero attached hydrogens (tertiary/aromatic N) is 1. The molecule has 0 aliphatic rings. The highest BCUT2D eigenvalue weighted by Crippen LogP contribution is 2.31. The Labute approximate surface area is 149 Å². The summed E-state index contributed by atoms with van der Waals surface area (Å²) in [6.07, 6.45) is 0.901. The zero-order valence-corrected chi connectivity index (χ0v) is 15.0. The number of hydrogen-bond donors (Lipinski definition) is 2. The van der Waals surface area contributed by atoms with Crippen LogP contribution in [0.15, 0.2) is 48.5 Å². The largest absolute Gasteiger partial charge is 0.489 e. The molecule has 5 heteroatoms. The number of H-pyrrole nitrogens is 1. The van der Waals surface area contributed by atoms with E-state index in [0.717, 1.165) is 32.6 Å². The minimum Gasteiger partial charge on any atom is -0.489 e. The fraction of sp³-hybridized carbons (Fsp3) is 0.167. The third-order valence-electron chi connectivity index (χ3n) is 3.70. The van der Waals surface area contributed by atoms with Crippen LogP contribution in [0.1, 0.15) is 18.1 Å². The van der Waals surface area contributed by atoms with Crippen LogP contribution in [-0.4, -0.2) is 10.2 Å². The summed E-state index contributed by atoms with van der Waals surface area (Å²) in [5.41, 5.74) is 10.2. The molecule has 4 nitrogen and oxygen atoms in total. The van der Waals surface area contributed by atoms with E-state index < -0.39 is 0 Å². The van der Waals surface area contributed by atoms with Gasteiger partial charge in [0, 0.05) is 5.56 Å². The van der Waals surface area contributed by atoms with Gasteiger partial charge in [0.1, 0.15) is 12.4 Å². The Kier molecular flexibility index (Phi) is 4.85. The van der Waals surface area contributed by atoms with Crippen molar-refractivity contribution in [1.82, 2.24) is 10.2 Å². The van der Waals surface area contributed by atoms with Crippen LogP contribution in [0, 0.1) is 3.57 Å². The predicted molar refractivity (Wildman–Crippen MR) is 101 cm³/mol. The van der Waals surface area contributed by atoms with Gasteiger partial charge in [0.05, 0.1) is 9.26 Å². The summed E-state index contributed by atoms with van der Waals surface area (Å²) in [5, 5.41) is 7.06. The molecule has 3 rings (SSSR count). The number of nitrogen functional groups attached to an aromatic ring is 1. The summed E-state index contributed by atoms with van der Waals surface area (Å²) < 4.78 is 6.93. The first-order chi connectivity index (χ1) is 11.2. The maximum Gasteiger partial charge on any atom is 0.159 e. The van der Waals surface area contributed by atoms with Crippen LogP contribution in [-0.2, 0) is 13.0 Å². The molecule has 1 heterocycles. The van der Waals surface area contributed by atoms with Crippen LogP contribution in [0.2, 0.25) is 0 Å². The van der Waals surface area contributed by atoms with Crippen molar-refractivity contribution in [2.75, 3.05) is 5.73 Å². The molecule has 118 valence electrons. The lowest BCUT2D eigenvalue weighted by atomic mass is 10.1. The molecule has 0 aliphatic carbocycles. The highest BCUT2D eigenvalue weighted by molar-refractivity contribution is 14.1. The molecular formula is C18H18IN3O. The molecule has 0 atom stereocenters. The third-order valence-corrected chi connectivity index (χ3v) is 4.79. The van der Waals surface area contributed by atoms with Gasteiger partial charge in [0.15, 0.2) is 5.82 Å². The van der Waals surface area contributed by atoms with Gasteiger partial charge in [-0.25, -0.2) is 0 Å². The number of benzene rings is 2. The number of nitrogens with one attached hydrogen (secondary N) is 1. The Bertz CT molecular complexity index is 799. The van der Waals surface area contributed by atoms with E-state index in [4.69, 9.17) is 10.5 Å². The quantitative estimate of drug-likeness (QED) is 0.603. The molecule has 2 aromatic carbocycles. The zero-order valence-electron chi connectivity index (χ0n) is 12.8. The first-order valence-electron chi connectivity index (χ1n) is 7.48. The molecule has 3 N–H and O–H groups in total. The highest BCUT2D eigenvalue weighted by atomic mass is 127. The minimum absolute atomic E-state index is 0.531. The SMILES string of the molecule is CCc1cc(-c2[nH]nc(N)c2I)ccc1OCc1ccccc1. The lowest BCUT2D eigenvalue weighted by molar-refractivity contribution is 0.303. The number of aromatic amines is 1. The Morgan fingerprint density at radius 2 is 1.96 bits per heavy atom. The van der Waals surface area contributed by atoms with Crippen molar-refractivity contribution in [3.05, 3.63) is 63.2 Å². The van der Waals surface area contributed by atoms with Crippen molar-refractivity contribution in [1.29, 1.82) is 0 Å². The van der Waals surface area contributed by atoms with Crippen molar-refractivity contribution >= 4 is 28.4 Å². The molecule has 0 unspecified atom stereocenters. The fourth-order valence-corrected chi connectivity index (χ4v) is 2.97. The van der Waals surface area contributed by atoms with Crippen molar-refractivity contribution in [2.24, 2.45) is 0 Å². The number of nitrogens with two attached hydrogens (primary N) is 1. The van der Waals surface area contributed by atoms with E-state index in [-0.39, 0.29) is 0 Å². The van der Waals surface area contributed by atoms with E-state index in [0.29, 0.717) is 12.4 Å². The Morgan fingerprint density at radius 3 is 2.61 bits per heavy atom. The number of anilines is 1. The van der Waals surface area contributed by atoms with Crippen LogP contribution < -0.4 is 10.5 Å². The van der Waals surface area contributed by atoms with E-state index in [2.05, 4.69) is 57.9 Å². The smallest absolute Gasteiger partial charge is 0.159 e. The Balaban J connectivity index is 1.84. The maximum absolute atomic E-state index is 5.99. The number of halogens is 1. The summed E-state index contributed by atoms with van der Waals surface area (Å²) in [6.45, 7) is 2.70. The third kappa shape index (κ3) is 3.50. The van der Waals surface area contributed by atoms with Gasteiger partial charge in [-0.3, -0.25) is 5.10 Å². The number of hydrogen-bond acceptors (Lipinski definition) is 3. The van der Waals surface area contributed by atoms with E-state index in [1.54, 1.807) is 0 Å². The van der Waals surface area contributed by atoms with Crippen LogP contribution in [0.25, 0.3) is 11.3 Å².